The standard InChI is InChI=1S/C27H35ClFN3O/c28-25-11-6-12-26(29)24(25)20-32-15-7-10-23(19-32)27(33)30-17-21-8-5-9-22(16-21)18-31-13-3-1-2-4-14-31/h5-6,8-9,11-12,16,23H,1-4,7,10,13-15,17-20H2,(H,30,33). The Balaban J connectivity index is 1.28. The first kappa shape index (κ1) is 24.2. The van der Waals surface area contributed by atoms with Crippen molar-refractivity contribution in [2.24, 2.45) is 5.92 Å². The van der Waals surface area contributed by atoms with E-state index in [0.29, 0.717) is 30.2 Å². The zero-order chi connectivity index (χ0) is 23.0. The molecule has 2 aromatic rings. The van der Waals surface area contributed by atoms with Crippen molar-refractivity contribution in [3.63, 3.8) is 0 Å². The third-order valence-corrected chi connectivity index (χ3v) is 7.24. The van der Waals surface area contributed by atoms with Gasteiger partial charge in [0.05, 0.1) is 5.92 Å². The first-order valence-electron chi connectivity index (χ1n) is 12.3. The smallest absolute Gasteiger partial charge is 0.224 e. The minimum absolute atomic E-state index is 0.0791. The van der Waals surface area contributed by atoms with Crippen LogP contribution in [0.4, 0.5) is 4.39 Å². The second-order valence-electron chi connectivity index (χ2n) is 9.50. The van der Waals surface area contributed by atoms with Gasteiger partial charge in [0.2, 0.25) is 5.91 Å². The van der Waals surface area contributed by atoms with E-state index in [1.165, 1.54) is 50.4 Å². The number of benzene rings is 2. The average Bonchev–Trinajstić information content (AvgIpc) is 3.09. The summed E-state index contributed by atoms with van der Waals surface area (Å²) >= 11 is 6.20. The van der Waals surface area contributed by atoms with E-state index in [9.17, 15) is 9.18 Å². The van der Waals surface area contributed by atoms with Crippen molar-refractivity contribution in [1.29, 1.82) is 0 Å². The molecule has 1 N–H and O–H groups in total. The predicted molar refractivity (Wildman–Crippen MR) is 131 cm³/mol. The molecule has 2 aromatic carbocycles. The number of rotatable bonds is 7. The van der Waals surface area contributed by atoms with Crippen LogP contribution in [0.3, 0.4) is 0 Å². The summed E-state index contributed by atoms with van der Waals surface area (Å²) in [5.74, 6) is -0.282. The Morgan fingerprint density at radius 1 is 0.939 bits per heavy atom. The van der Waals surface area contributed by atoms with Crippen molar-refractivity contribution in [2.45, 2.75) is 58.2 Å². The van der Waals surface area contributed by atoms with Gasteiger partial charge in [-0.3, -0.25) is 14.6 Å². The molecule has 2 aliphatic heterocycles. The Bertz CT molecular complexity index is 909. The highest BCUT2D eigenvalue weighted by Crippen LogP contribution is 2.24. The topological polar surface area (TPSA) is 35.6 Å². The van der Waals surface area contributed by atoms with Crippen molar-refractivity contribution in [2.75, 3.05) is 26.2 Å². The first-order valence-corrected chi connectivity index (χ1v) is 12.7. The molecule has 1 amide bonds. The fourth-order valence-electron chi connectivity index (χ4n) is 5.04. The van der Waals surface area contributed by atoms with E-state index in [1.54, 1.807) is 12.1 Å². The van der Waals surface area contributed by atoms with Crippen LogP contribution in [0, 0.1) is 11.7 Å². The van der Waals surface area contributed by atoms with Gasteiger partial charge >= 0.3 is 0 Å². The summed E-state index contributed by atoms with van der Waals surface area (Å²) in [5, 5.41) is 3.58. The maximum Gasteiger partial charge on any atom is 0.224 e. The predicted octanol–water partition coefficient (Wildman–Crippen LogP) is 5.38. The zero-order valence-corrected chi connectivity index (χ0v) is 20.1. The number of nitrogens with zero attached hydrogens (tertiary/aromatic N) is 2. The molecule has 178 valence electrons. The molecule has 33 heavy (non-hydrogen) atoms. The molecule has 6 heteroatoms. The molecule has 0 aliphatic carbocycles. The third-order valence-electron chi connectivity index (χ3n) is 6.88. The van der Waals surface area contributed by atoms with Crippen molar-refractivity contribution in [3.8, 4) is 0 Å². The molecule has 1 unspecified atom stereocenters. The van der Waals surface area contributed by atoms with Crippen LogP contribution < -0.4 is 5.32 Å². The number of amides is 1. The summed E-state index contributed by atoms with van der Waals surface area (Å²) in [6, 6.07) is 13.4. The number of carbonyl (C=O) groups is 1. The van der Waals surface area contributed by atoms with Gasteiger partial charge in [0.25, 0.3) is 0 Å². The lowest BCUT2D eigenvalue weighted by atomic mass is 9.96. The second-order valence-corrected chi connectivity index (χ2v) is 9.91. The lowest BCUT2D eigenvalue weighted by molar-refractivity contribution is -0.126. The Kier molecular flexibility index (Phi) is 8.76. The highest BCUT2D eigenvalue weighted by molar-refractivity contribution is 6.31. The van der Waals surface area contributed by atoms with Crippen LogP contribution in [-0.4, -0.2) is 41.9 Å². The first-order chi connectivity index (χ1) is 16.1. The summed E-state index contributed by atoms with van der Waals surface area (Å²) in [6.45, 7) is 5.81. The van der Waals surface area contributed by atoms with Crippen LogP contribution in [0.1, 0.15) is 55.2 Å². The zero-order valence-electron chi connectivity index (χ0n) is 19.4. The van der Waals surface area contributed by atoms with E-state index in [0.717, 1.165) is 31.5 Å². The lowest BCUT2D eigenvalue weighted by Crippen LogP contribution is -2.42. The molecule has 2 saturated heterocycles. The Morgan fingerprint density at radius 2 is 1.67 bits per heavy atom. The van der Waals surface area contributed by atoms with Crippen molar-refractivity contribution >= 4 is 17.5 Å². The van der Waals surface area contributed by atoms with E-state index in [4.69, 9.17) is 11.6 Å². The molecule has 1 atom stereocenters. The number of halogens is 2. The number of piperidine rings is 1. The van der Waals surface area contributed by atoms with Crippen LogP contribution in [-0.2, 0) is 24.4 Å². The highest BCUT2D eigenvalue weighted by Gasteiger charge is 2.26. The fraction of sp³-hybridized carbons (Fsp3) is 0.519. The maximum absolute atomic E-state index is 14.2. The van der Waals surface area contributed by atoms with Gasteiger partial charge in [0, 0.05) is 36.8 Å². The number of hydrogen-bond donors (Lipinski definition) is 1. The normalized spacial score (nSPS) is 20.4. The molecule has 0 spiro atoms. The summed E-state index contributed by atoms with van der Waals surface area (Å²) in [6.07, 6.45) is 7.05. The van der Waals surface area contributed by atoms with Gasteiger partial charge in [-0.1, -0.05) is 54.8 Å². The number of nitrogens with one attached hydrogen (secondary N) is 1. The van der Waals surface area contributed by atoms with Crippen molar-refractivity contribution < 1.29 is 9.18 Å². The molecular formula is C27H35ClFN3O. The molecule has 4 rings (SSSR count). The molecule has 2 heterocycles. The number of hydrogen-bond acceptors (Lipinski definition) is 3. The van der Waals surface area contributed by atoms with Crippen LogP contribution in [0.2, 0.25) is 5.02 Å². The van der Waals surface area contributed by atoms with Crippen LogP contribution >= 0.6 is 11.6 Å². The monoisotopic (exact) mass is 471 g/mol. The lowest BCUT2D eigenvalue weighted by Gasteiger charge is -2.32. The second kappa shape index (κ2) is 12.0. The van der Waals surface area contributed by atoms with E-state index in [2.05, 4.69) is 39.4 Å². The molecule has 2 aliphatic rings. The Morgan fingerprint density at radius 3 is 2.45 bits per heavy atom. The fourth-order valence-corrected chi connectivity index (χ4v) is 5.27. The van der Waals surface area contributed by atoms with Gasteiger partial charge in [0.1, 0.15) is 5.82 Å². The highest BCUT2D eigenvalue weighted by atomic mass is 35.5. The summed E-state index contributed by atoms with van der Waals surface area (Å²) in [4.78, 5) is 17.6. The van der Waals surface area contributed by atoms with Gasteiger partial charge in [-0.15, -0.1) is 0 Å². The summed E-state index contributed by atoms with van der Waals surface area (Å²) in [5.41, 5.74) is 2.97. The third kappa shape index (κ3) is 7.02. The van der Waals surface area contributed by atoms with Crippen molar-refractivity contribution in [3.05, 3.63) is 70.0 Å². The Labute approximate surface area is 202 Å². The number of likely N-dealkylation sites (tertiary alicyclic amines) is 2. The van der Waals surface area contributed by atoms with Gasteiger partial charge < -0.3 is 5.32 Å². The largest absolute Gasteiger partial charge is 0.352 e. The molecule has 2 fully saturated rings. The van der Waals surface area contributed by atoms with Crippen molar-refractivity contribution in [1.82, 2.24) is 15.1 Å². The van der Waals surface area contributed by atoms with Gasteiger partial charge in [-0.2, -0.15) is 0 Å². The van der Waals surface area contributed by atoms with Gasteiger partial charge in [-0.05, 0) is 68.6 Å². The number of carbonyl (C=O) groups excluding carboxylic acids is 1. The quantitative estimate of drug-likeness (QED) is 0.588. The maximum atomic E-state index is 14.2. The molecule has 0 saturated carbocycles. The van der Waals surface area contributed by atoms with Crippen LogP contribution in [0.5, 0.6) is 0 Å². The SMILES string of the molecule is O=C(NCc1cccc(CN2CCCCCC2)c1)C1CCCN(Cc2c(F)cccc2Cl)C1. The summed E-state index contributed by atoms with van der Waals surface area (Å²) in [7, 11) is 0. The van der Waals surface area contributed by atoms with E-state index in [-0.39, 0.29) is 17.6 Å². The average molecular weight is 472 g/mol. The molecule has 4 nitrogen and oxygen atoms in total. The van der Waals surface area contributed by atoms with Gasteiger partial charge in [-0.25, -0.2) is 4.39 Å². The van der Waals surface area contributed by atoms with Gasteiger partial charge in [0.15, 0.2) is 0 Å². The Hall–Kier alpha value is -1.95. The van der Waals surface area contributed by atoms with Crippen LogP contribution in [0.15, 0.2) is 42.5 Å². The summed E-state index contributed by atoms with van der Waals surface area (Å²) < 4.78 is 14.2. The minimum Gasteiger partial charge on any atom is -0.352 e. The van der Waals surface area contributed by atoms with Crippen LogP contribution in [0.25, 0.3) is 0 Å². The minimum atomic E-state index is -0.283. The molecule has 0 radical (unpaired) electrons. The van der Waals surface area contributed by atoms with E-state index < -0.39 is 0 Å². The molecule has 0 aromatic heterocycles. The molecule has 0 bridgehead atoms. The van der Waals surface area contributed by atoms with E-state index >= 15 is 0 Å². The van der Waals surface area contributed by atoms with E-state index in [1.807, 2.05) is 0 Å². The molecular weight excluding hydrogens is 437 g/mol.